The van der Waals surface area contributed by atoms with Crippen LogP contribution in [0.5, 0.6) is 5.88 Å². The topological polar surface area (TPSA) is 128 Å². The first-order chi connectivity index (χ1) is 16.8. The van der Waals surface area contributed by atoms with Crippen LogP contribution in [0.25, 0.3) is 16.9 Å². The summed E-state index contributed by atoms with van der Waals surface area (Å²) in [6.45, 7) is -0.182. The second kappa shape index (κ2) is 9.22. The largest absolute Gasteiger partial charge is 0.470 e. The van der Waals surface area contributed by atoms with Crippen LogP contribution in [0, 0.1) is 5.92 Å². The lowest BCUT2D eigenvalue weighted by molar-refractivity contribution is -0.290. The van der Waals surface area contributed by atoms with Gasteiger partial charge in [0.05, 0.1) is 29.4 Å². The molecule has 0 saturated heterocycles. The number of carbonyl (C=O) groups excluding carboxylic acids is 1. The third-order valence-electron chi connectivity index (χ3n) is 5.34. The first kappa shape index (κ1) is 25.7. The minimum Gasteiger partial charge on any atom is -0.470 e. The maximum Gasteiger partial charge on any atom is 0.456 e. The van der Waals surface area contributed by atoms with Crippen LogP contribution in [0.1, 0.15) is 30.3 Å². The molecule has 3 heterocycles. The summed E-state index contributed by atoms with van der Waals surface area (Å²) in [6.07, 6.45) is -0.839. The highest BCUT2D eigenvalue weighted by Crippen LogP contribution is 2.36. The molecule has 0 radical (unpaired) electrons. The second-order valence-electron chi connectivity index (χ2n) is 8.03. The van der Waals surface area contributed by atoms with Crippen molar-refractivity contribution in [1.82, 2.24) is 29.9 Å². The van der Waals surface area contributed by atoms with Gasteiger partial charge in [0.2, 0.25) is 5.88 Å². The molecule has 1 aliphatic carbocycles. The molecule has 36 heavy (non-hydrogen) atoms. The number of hydrogen-bond donors (Lipinski definition) is 1. The zero-order valence-corrected chi connectivity index (χ0v) is 19.4. The van der Waals surface area contributed by atoms with Crippen molar-refractivity contribution in [2.24, 2.45) is 5.92 Å². The Bertz CT molecular complexity index is 1390. The summed E-state index contributed by atoms with van der Waals surface area (Å²) in [5, 5.41) is 6.40. The number of halogens is 5. The summed E-state index contributed by atoms with van der Waals surface area (Å²) < 4.78 is 94.3. The molecule has 0 spiro atoms. The van der Waals surface area contributed by atoms with Crippen LogP contribution in [-0.2, 0) is 9.84 Å². The third kappa shape index (κ3) is 5.08. The molecule has 4 rings (SSSR count). The lowest BCUT2D eigenvalue weighted by Gasteiger charge is -2.19. The van der Waals surface area contributed by atoms with Crippen LogP contribution >= 0.6 is 0 Å². The summed E-state index contributed by atoms with van der Waals surface area (Å²) in [7, 11) is -3.98. The van der Waals surface area contributed by atoms with Gasteiger partial charge in [0, 0.05) is 12.7 Å². The van der Waals surface area contributed by atoms with E-state index in [4.69, 9.17) is 0 Å². The number of aromatic nitrogens is 5. The number of carbonyl (C=O) groups is 1. The summed E-state index contributed by atoms with van der Waals surface area (Å²) in [5.41, 5.74) is -0.280. The van der Waals surface area contributed by atoms with Gasteiger partial charge in [-0.1, -0.05) is 6.92 Å². The van der Waals surface area contributed by atoms with E-state index in [-0.39, 0.29) is 28.4 Å². The monoisotopic (exact) mass is 534 g/mol. The van der Waals surface area contributed by atoms with Gasteiger partial charge in [-0.2, -0.15) is 27.1 Å². The van der Waals surface area contributed by atoms with Gasteiger partial charge in [-0.05, 0) is 24.8 Å². The predicted octanol–water partition coefficient (Wildman–Crippen LogP) is 2.70. The Morgan fingerprint density at radius 2 is 1.89 bits per heavy atom. The second-order valence-corrected chi connectivity index (χ2v) is 10.2. The fraction of sp³-hybridized carbons (Fsp3) is 0.450. The Morgan fingerprint density at radius 3 is 2.47 bits per heavy atom. The molecule has 1 fully saturated rings. The Morgan fingerprint density at radius 1 is 1.17 bits per heavy atom. The lowest BCUT2D eigenvalue weighted by atomic mass is 10.2. The van der Waals surface area contributed by atoms with Gasteiger partial charge in [-0.3, -0.25) is 4.79 Å². The number of hydrogen-bond acceptors (Lipinski definition) is 8. The molecule has 3 aromatic rings. The molecular formula is C20H19F5N6O4S. The van der Waals surface area contributed by atoms with Crippen LogP contribution in [0.3, 0.4) is 0 Å². The maximum absolute atomic E-state index is 13.1. The molecule has 1 saturated carbocycles. The van der Waals surface area contributed by atoms with Crippen molar-refractivity contribution in [1.29, 1.82) is 0 Å². The van der Waals surface area contributed by atoms with Gasteiger partial charge < -0.3 is 10.1 Å². The Kier molecular flexibility index (Phi) is 6.57. The van der Waals surface area contributed by atoms with E-state index in [0.29, 0.717) is 12.5 Å². The van der Waals surface area contributed by atoms with E-state index in [9.17, 15) is 35.2 Å². The number of alkyl halides is 5. The quantitative estimate of drug-likeness (QED) is 0.415. The number of rotatable bonds is 9. The highest BCUT2D eigenvalue weighted by atomic mass is 32.2. The Hall–Kier alpha value is -3.43. The first-order valence-corrected chi connectivity index (χ1v) is 12.3. The van der Waals surface area contributed by atoms with Gasteiger partial charge in [-0.25, -0.2) is 27.9 Å². The average Bonchev–Trinajstić information content (AvgIpc) is 3.58. The fourth-order valence-electron chi connectivity index (χ4n) is 3.09. The van der Waals surface area contributed by atoms with E-state index in [0.717, 1.165) is 29.8 Å². The van der Waals surface area contributed by atoms with E-state index in [1.54, 1.807) is 0 Å². The fourth-order valence-corrected chi connectivity index (χ4v) is 4.08. The van der Waals surface area contributed by atoms with Crippen molar-refractivity contribution in [3.05, 3.63) is 30.4 Å². The summed E-state index contributed by atoms with van der Waals surface area (Å²) >= 11 is 0. The average molecular weight is 534 g/mol. The van der Waals surface area contributed by atoms with Crippen molar-refractivity contribution in [3.63, 3.8) is 0 Å². The van der Waals surface area contributed by atoms with E-state index >= 15 is 0 Å². The van der Waals surface area contributed by atoms with Crippen LogP contribution in [-0.4, -0.2) is 69.9 Å². The van der Waals surface area contributed by atoms with Crippen LogP contribution in [0.15, 0.2) is 29.7 Å². The van der Waals surface area contributed by atoms with Crippen molar-refractivity contribution >= 4 is 21.4 Å². The third-order valence-corrected chi connectivity index (χ3v) is 6.98. The van der Waals surface area contributed by atoms with Crippen molar-refractivity contribution in [3.8, 4) is 17.1 Å². The van der Waals surface area contributed by atoms with Gasteiger partial charge in [0.25, 0.3) is 5.91 Å². The molecule has 16 heteroatoms. The van der Waals surface area contributed by atoms with Crippen molar-refractivity contribution in [2.45, 2.75) is 36.9 Å². The van der Waals surface area contributed by atoms with E-state index in [1.165, 1.54) is 19.2 Å². The number of amides is 1. The molecule has 1 N–H and O–H groups in total. The molecule has 0 aliphatic heterocycles. The minimum atomic E-state index is -5.81. The molecule has 0 atom stereocenters. The molecule has 1 amide bonds. The number of nitrogens with one attached hydrogen (secondary N) is 1. The SMILES string of the molecule is CCS(=O)(=O)c1nn2c(C(=O)NCC3CC3)ccnc2c1-c1cnc(OCC(F)(F)C(F)(F)F)cn1. The molecule has 10 nitrogen and oxygen atoms in total. The van der Waals surface area contributed by atoms with Crippen molar-refractivity contribution < 1.29 is 39.9 Å². The van der Waals surface area contributed by atoms with Crippen LogP contribution < -0.4 is 10.1 Å². The number of ether oxygens (including phenoxy) is 1. The van der Waals surface area contributed by atoms with Crippen LogP contribution in [0.2, 0.25) is 0 Å². The molecule has 0 aromatic carbocycles. The summed E-state index contributed by atoms with van der Waals surface area (Å²) in [4.78, 5) is 24.4. The zero-order chi connectivity index (χ0) is 26.3. The Balaban J connectivity index is 1.71. The summed E-state index contributed by atoms with van der Waals surface area (Å²) in [5.74, 6) is -6.22. The van der Waals surface area contributed by atoms with Gasteiger partial charge in [-0.15, -0.1) is 0 Å². The molecule has 0 unspecified atom stereocenters. The number of sulfone groups is 1. The molecule has 3 aromatic heterocycles. The highest BCUT2D eigenvalue weighted by Gasteiger charge is 2.58. The number of nitrogens with zero attached hydrogens (tertiary/aromatic N) is 5. The molecule has 194 valence electrons. The normalized spacial score (nSPS) is 14.7. The van der Waals surface area contributed by atoms with E-state index in [1.807, 2.05) is 0 Å². The van der Waals surface area contributed by atoms with Crippen LogP contribution in [0.4, 0.5) is 22.0 Å². The van der Waals surface area contributed by atoms with Gasteiger partial charge in [0.15, 0.2) is 27.1 Å². The predicted molar refractivity (Wildman–Crippen MR) is 113 cm³/mol. The van der Waals surface area contributed by atoms with Crippen molar-refractivity contribution in [2.75, 3.05) is 18.9 Å². The number of fused-ring (bicyclic) bond motifs is 1. The Labute approximate surface area is 200 Å². The van der Waals surface area contributed by atoms with Gasteiger partial charge in [0.1, 0.15) is 5.69 Å². The standard InChI is InChI=1S/C20H19F5N6O4S/c1-2-36(33,34)18-15(12-8-28-14(9-27-12)35-10-19(21,22)20(23,24)25)16-26-6-5-13(31(16)30-18)17(32)29-7-11-3-4-11/h5-6,8-9,11H,2-4,7,10H2,1H3,(H,29,32). The molecule has 1 aliphatic rings. The highest BCUT2D eigenvalue weighted by molar-refractivity contribution is 7.91. The minimum absolute atomic E-state index is 0.0155. The molecular weight excluding hydrogens is 515 g/mol. The van der Waals surface area contributed by atoms with E-state index in [2.05, 4.69) is 30.1 Å². The molecule has 0 bridgehead atoms. The summed E-state index contributed by atoms with van der Waals surface area (Å²) in [6, 6.07) is 1.36. The van der Waals surface area contributed by atoms with E-state index < -0.39 is 45.4 Å². The lowest BCUT2D eigenvalue weighted by Crippen LogP contribution is -2.41. The maximum atomic E-state index is 13.1. The first-order valence-electron chi connectivity index (χ1n) is 10.6. The zero-order valence-electron chi connectivity index (χ0n) is 18.6. The van der Waals surface area contributed by atoms with Gasteiger partial charge >= 0.3 is 12.1 Å². The smallest absolute Gasteiger partial charge is 0.456 e.